The third kappa shape index (κ3) is 5.39. The SMILES string of the molecule is CC(C)N(Cc1ccccc1)S(=O)(=O)c1ccc(C(=O)Nc2nc(-c3cccnc3)cs2)cc1. The van der Waals surface area contributed by atoms with Crippen LogP contribution in [0.25, 0.3) is 11.3 Å². The van der Waals surface area contributed by atoms with Crippen molar-refractivity contribution in [1.29, 1.82) is 0 Å². The van der Waals surface area contributed by atoms with Crippen LogP contribution in [0, 0.1) is 0 Å². The highest BCUT2D eigenvalue weighted by molar-refractivity contribution is 7.89. The van der Waals surface area contributed by atoms with E-state index in [9.17, 15) is 13.2 Å². The van der Waals surface area contributed by atoms with Gasteiger partial charge in [0, 0.05) is 41.5 Å². The van der Waals surface area contributed by atoms with E-state index in [0.29, 0.717) is 10.7 Å². The number of benzene rings is 2. The Morgan fingerprint density at radius 3 is 2.41 bits per heavy atom. The Labute approximate surface area is 203 Å². The third-order valence-electron chi connectivity index (χ3n) is 5.16. The summed E-state index contributed by atoms with van der Waals surface area (Å²) in [4.78, 5) is 21.3. The number of nitrogens with zero attached hydrogens (tertiary/aromatic N) is 3. The second kappa shape index (κ2) is 10.3. The topological polar surface area (TPSA) is 92.3 Å². The number of hydrogen-bond donors (Lipinski definition) is 1. The van der Waals surface area contributed by atoms with Crippen LogP contribution in [-0.4, -0.2) is 34.6 Å². The smallest absolute Gasteiger partial charge is 0.257 e. The fourth-order valence-corrected chi connectivity index (χ4v) is 5.71. The number of hydrogen-bond acceptors (Lipinski definition) is 6. The Morgan fingerprint density at radius 2 is 1.76 bits per heavy atom. The van der Waals surface area contributed by atoms with E-state index in [-0.39, 0.29) is 23.4 Å². The Kier molecular flexibility index (Phi) is 7.16. The largest absolute Gasteiger partial charge is 0.298 e. The van der Waals surface area contributed by atoms with Crippen molar-refractivity contribution in [2.24, 2.45) is 0 Å². The van der Waals surface area contributed by atoms with Gasteiger partial charge in [-0.2, -0.15) is 4.31 Å². The molecule has 0 atom stereocenters. The van der Waals surface area contributed by atoms with E-state index < -0.39 is 10.0 Å². The predicted octanol–water partition coefficient (Wildman–Crippen LogP) is 5.06. The number of carbonyl (C=O) groups is 1. The predicted molar refractivity (Wildman–Crippen MR) is 134 cm³/mol. The lowest BCUT2D eigenvalue weighted by Gasteiger charge is -2.26. The van der Waals surface area contributed by atoms with Gasteiger partial charge in [-0.25, -0.2) is 13.4 Å². The van der Waals surface area contributed by atoms with Gasteiger partial charge in [0.2, 0.25) is 10.0 Å². The van der Waals surface area contributed by atoms with E-state index in [2.05, 4.69) is 15.3 Å². The van der Waals surface area contributed by atoms with Crippen molar-refractivity contribution in [2.45, 2.75) is 31.3 Å². The highest BCUT2D eigenvalue weighted by Crippen LogP contribution is 2.25. The van der Waals surface area contributed by atoms with Crippen LogP contribution in [0.2, 0.25) is 0 Å². The Bertz CT molecular complexity index is 1350. The normalized spacial score (nSPS) is 11.6. The highest BCUT2D eigenvalue weighted by atomic mass is 32.2. The molecule has 0 spiro atoms. The van der Waals surface area contributed by atoms with Crippen LogP contribution < -0.4 is 5.32 Å². The average Bonchev–Trinajstić information content (AvgIpc) is 3.32. The maximum absolute atomic E-state index is 13.3. The summed E-state index contributed by atoms with van der Waals surface area (Å²) >= 11 is 1.31. The second-order valence-corrected chi connectivity index (χ2v) is 10.6. The third-order valence-corrected chi connectivity index (χ3v) is 7.96. The van der Waals surface area contributed by atoms with Gasteiger partial charge in [0.15, 0.2) is 5.13 Å². The number of amides is 1. The van der Waals surface area contributed by atoms with Gasteiger partial charge in [-0.3, -0.25) is 15.1 Å². The summed E-state index contributed by atoms with van der Waals surface area (Å²) in [5.74, 6) is -0.360. The van der Waals surface area contributed by atoms with Crippen molar-refractivity contribution in [3.05, 3.63) is 95.6 Å². The molecule has 7 nitrogen and oxygen atoms in total. The maximum atomic E-state index is 13.3. The molecule has 0 saturated carbocycles. The van der Waals surface area contributed by atoms with Crippen LogP contribution in [0.1, 0.15) is 29.8 Å². The van der Waals surface area contributed by atoms with Gasteiger partial charge in [0.1, 0.15) is 0 Å². The average molecular weight is 493 g/mol. The lowest BCUT2D eigenvalue weighted by Crippen LogP contribution is -2.36. The minimum atomic E-state index is -3.74. The van der Waals surface area contributed by atoms with Gasteiger partial charge in [-0.15, -0.1) is 11.3 Å². The zero-order valence-electron chi connectivity index (χ0n) is 18.8. The molecule has 1 N–H and O–H groups in total. The molecule has 2 aromatic carbocycles. The molecule has 4 rings (SSSR count). The fraction of sp³-hybridized carbons (Fsp3) is 0.160. The van der Waals surface area contributed by atoms with E-state index >= 15 is 0 Å². The number of carbonyl (C=O) groups excluding carboxylic acids is 1. The molecule has 2 heterocycles. The van der Waals surface area contributed by atoms with Crippen LogP contribution in [0.3, 0.4) is 0 Å². The van der Waals surface area contributed by atoms with Crippen molar-refractivity contribution in [2.75, 3.05) is 5.32 Å². The van der Waals surface area contributed by atoms with Crippen LogP contribution in [0.5, 0.6) is 0 Å². The number of thiazole rings is 1. The quantitative estimate of drug-likeness (QED) is 0.371. The van der Waals surface area contributed by atoms with Gasteiger partial charge >= 0.3 is 0 Å². The van der Waals surface area contributed by atoms with Crippen LogP contribution >= 0.6 is 11.3 Å². The lowest BCUT2D eigenvalue weighted by atomic mass is 10.2. The van der Waals surface area contributed by atoms with E-state index in [0.717, 1.165) is 16.8 Å². The molecule has 0 aliphatic heterocycles. The van der Waals surface area contributed by atoms with Gasteiger partial charge in [-0.1, -0.05) is 30.3 Å². The zero-order chi connectivity index (χ0) is 24.1. The van der Waals surface area contributed by atoms with E-state index in [1.807, 2.05) is 61.7 Å². The highest BCUT2D eigenvalue weighted by Gasteiger charge is 2.27. The molecular formula is C25H24N4O3S2. The van der Waals surface area contributed by atoms with Gasteiger partial charge in [0.25, 0.3) is 5.91 Å². The molecule has 0 unspecified atom stereocenters. The van der Waals surface area contributed by atoms with Gasteiger partial charge < -0.3 is 0 Å². The number of rotatable bonds is 8. The summed E-state index contributed by atoms with van der Waals surface area (Å²) < 4.78 is 28.1. The summed E-state index contributed by atoms with van der Waals surface area (Å²) in [6, 6.07) is 18.9. The number of aromatic nitrogens is 2. The Balaban J connectivity index is 1.48. The van der Waals surface area contributed by atoms with Crippen LogP contribution in [0.4, 0.5) is 5.13 Å². The molecule has 34 heavy (non-hydrogen) atoms. The molecule has 0 aliphatic rings. The summed E-state index contributed by atoms with van der Waals surface area (Å²) in [6.07, 6.45) is 3.39. The van der Waals surface area contributed by atoms with Crippen molar-refractivity contribution in [3.63, 3.8) is 0 Å². The lowest BCUT2D eigenvalue weighted by molar-refractivity contribution is 0.102. The standard InChI is InChI=1S/C25H24N4O3S2/c1-18(2)29(16-19-7-4-3-5-8-19)34(31,32)22-12-10-20(11-13-22)24(30)28-25-27-23(17-33-25)21-9-6-14-26-15-21/h3-15,17-18H,16H2,1-2H3,(H,27,28,30). The van der Waals surface area contributed by atoms with Crippen LogP contribution in [0.15, 0.2) is 89.4 Å². The summed E-state index contributed by atoms with van der Waals surface area (Å²) in [6.45, 7) is 3.96. The minimum Gasteiger partial charge on any atom is -0.298 e. The summed E-state index contributed by atoms with van der Waals surface area (Å²) in [5, 5.41) is 5.06. The molecule has 0 saturated heterocycles. The van der Waals surface area contributed by atoms with E-state index in [1.54, 1.807) is 12.4 Å². The van der Waals surface area contributed by atoms with E-state index in [4.69, 9.17) is 0 Å². The van der Waals surface area contributed by atoms with Crippen molar-refractivity contribution < 1.29 is 13.2 Å². The molecule has 0 fully saturated rings. The number of sulfonamides is 1. The van der Waals surface area contributed by atoms with Gasteiger partial charge in [0.05, 0.1) is 10.6 Å². The zero-order valence-corrected chi connectivity index (χ0v) is 20.4. The first-order valence-corrected chi connectivity index (χ1v) is 13.0. The molecule has 0 radical (unpaired) electrons. The van der Waals surface area contributed by atoms with Crippen molar-refractivity contribution in [3.8, 4) is 11.3 Å². The van der Waals surface area contributed by atoms with E-state index in [1.165, 1.54) is 39.9 Å². The first kappa shape index (κ1) is 23.7. The van der Waals surface area contributed by atoms with Crippen molar-refractivity contribution >= 4 is 32.4 Å². The monoisotopic (exact) mass is 492 g/mol. The molecule has 4 aromatic rings. The maximum Gasteiger partial charge on any atom is 0.257 e. The number of pyridine rings is 1. The van der Waals surface area contributed by atoms with Crippen molar-refractivity contribution in [1.82, 2.24) is 14.3 Å². The molecule has 0 aliphatic carbocycles. The summed E-state index contributed by atoms with van der Waals surface area (Å²) in [7, 11) is -3.74. The Hall–Kier alpha value is -3.40. The molecule has 0 bridgehead atoms. The first-order chi connectivity index (χ1) is 16.3. The Morgan fingerprint density at radius 1 is 1.03 bits per heavy atom. The molecule has 2 aromatic heterocycles. The minimum absolute atomic E-state index is 0.141. The second-order valence-electron chi connectivity index (χ2n) is 7.89. The molecule has 174 valence electrons. The molecule has 9 heteroatoms. The number of anilines is 1. The summed E-state index contributed by atoms with van der Waals surface area (Å²) in [5.41, 5.74) is 2.84. The van der Waals surface area contributed by atoms with Gasteiger partial charge in [-0.05, 0) is 55.8 Å². The first-order valence-electron chi connectivity index (χ1n) is 10.7. The number of nitrogens with one attached hydrogen (secondary N) is 1. The molecular weight excluding hydrogens is 468 g/mol. The molecule has 1 amide bonds. The van der Waals surface area contributed by atoms with Crippen LogP contribution in [-0.2, 0) is 16.6 Å². The fourth-order valence-electron chi connectivity index (χ4n) is 3.37.